The Balaban J connectivity index is 1.74. The van der Waals surface area contributed by atoms with Crippen LogP contribution in [0.15, 0.2) is 10.9 Å². The van der Waals surface area contributed by atoms with E-state index in [0.717, 1.165) is 19.6 Å². The monoisotopic (exact) mass is 280 g/mol. The first-order valence-electron chi connectivity index (χ1n) is 6.33. The summed E-state index contributed by atoms with van der Waals surface area (Å²) >= 11 is 1.41. The molecule has 0 saturated carbocycles. The van der Waals surface area contributed by atoms with Crippen LogP contribution < -0.4 is 0 Å². The second-order valence-electron chi connectivity index (χ2n) is 4.94. The van der Waals surface area contributed by atoms with Gasteiger partial charge in [0.05, 0.1) is 5.51 Å². The maximum absolute atomic E-state index is 12.3. The van der Waals surface area contributed by atoms with Crippen LogP contribution in [0.4, 0.5) is 0 Å². The molecule has 0 N–H and O–H groups in total. The largest absolute Gasteiger partial charge is 0.343 e. The molecule has 0 aromatic carbocycles. The van der Waals surface area contributed by atoms with Gasteiger partial charge >= 0.3 is 0 Å². The van der Waals surface area contributed by atoms with Gasteiger partial charge in [0.1, 0.15) is 11.7 Å². The van der Waals surface area contributed by atoms with E-state index < -0.39 is 0 Å². The molecule has 0 bridgehead atoms. The Hall–Kier alpha value is -1.47. The lowest BCUT2D eigenvalue weighted by molar-refractivity contribution is -0.142. The number of carbonyl (C=O) groups excluding carboxylic acids is 2. The minimum atomic E-state index is -0.185. The van der Waals surface area contributed by atoms with Gasteiger partial charge in [-0.3, -0.25) is 14.5 Å². The van der Waals surface area contributed by atoms with Gasteiger partial charge in [-0.25, -0.2) is 4.98 Å². The van der Waals surface area contributed by atoms with Crippen molar-refractivity contribution in [3.8, 4) is 0 Å². The predicted octanol–water partition coefficient (Wildman–Crippen LogP) is -0.259. The number of amides is 2. The number of carbonyl (C=O) groups is 2. The van der Waals surface area contributed by atoms with Crippen LogP contribution in [0.1, 0.15) is 10.5 Å². The van der Waals surface area contributed by atoms with Crippen LogP contribution in [0.2, 0.25) is 0 Å². The Bertz CT molecular complexity index is 490. The number of rotatable bonds is 1. The molecule has 19 heavy (non-hydrogen) atoms. The van der Waals surface area contributed by atoms with Crippen LogP contribution in [-0.4, -0.2) is 77.3 Å². The molecule has 2 aliphatic heterocycles. The summed E-state index contributed by atoms with van der Waals surface area (Å²) in [6.07, 6.45) is 0. The Morgan fingerprint density at radius 3 is 2.89 bits per heavy atom. The summed E-state index contributed by atoms with van der Waals surface area (Å²) in [5, 5.41) is 1.75. The quantitative estimate of drug-likeness (QED) is 0.711. The van der Waals surface area contributed by atoms with Gasteiger partial charge in [0.15, 0.2) is 0 Å². The molecule has 1 atom stereocenters. The van der Waals surface area contributed by atoms with Crippen molar-refractivity contribution in [2.24, 2.45) is 0 Å². The van der Waals surface area contributed by atoms with E-state index in [2.05, 4.69) is 9.88 Å². The van der Waals surface area contributed by atoms with E-state index in [9.17, 15) is 9.59 Å². The van der Waals surface area contributed by atoms with Gasteiger partial charge in [0.2, 0.25) is 5.91 Å². The van der Waals surface area contributed by atoms with Crippen molar-refractivity contribution in [2.45, 2.75) is 6.04 Å². The zero-order chi connectivity index (χ0) is 13.4. The molecule has 2 amide bonds. The fourth-order valence-electron chi connectivity index (χ4n) is 2.63. The minimum absolute atomic E-state index is 0.0677. The fourth-order valence-corrected chi connectivity index (χ4v) is 3.16. The smallest absolute Gasteiger partial charge is 0.273 e. The van der Waals surface area contributed by atoms with Crippen molar-refractivity contribution < 1.29 is 9.59 Å². The summed E-state index contributed by atoms with van der Waals surface area (Å²) in [5.41, 5.74) is 2.14. The summed E-state index contributed by atoms with van der Waals surface area (Å²) in [5.74, 6) is 0.0453. The maximum atomic E-state index is 12.3. The summed E-state index contributed by atoms with van der Waals surface area (Å²) in [7, 11) is 1.82. The molecule has 0 radical (unpaired) electrons. The van der Waals surface area contributed by atoms with Crippen molar-refractivity contribution >= 4 is 23.2 Å². The van der Waals surface area contributed by atoms with Crippen LogP contribution in [0.25, 0.3) is 0 Å². The summed E-state index contributed by atoms with van der Waals surface area (Å²) in [6, 6.07) is -0.185. The summed E-state index contributed by atoms with van der Waals surface area (Å²) < 4.78 is 0. The number of aromatic nitrogens is 1. The molecule has 1 unspecified atom stereocenters. The zero-order valence-corrected chi connectivity index (χ0v) is 11.6. The third kappa shape index (κ3) is 2.23. The Labute approximate surface area is 115 Å². The van der Waals surface area contributed by atoms with Gasteiger partial charge in [-0.1, -0.05) is 0 Å². The summed E-state index contributed by atoms with van der Waals surface area (Å²) in [4.78, 5) is 34.1. The third-order valence-corrected chi connectivity index (χ3v) is 4.40. The maximum Gasteiger partial charge on any atom is 0.273 e. The van der Waals surface area contributed by atoms with E-state index in [0.29, 0.717) is 18.8 Å². The van der Waals surface area contributed by atoms with Gasteiger partial charge in [0, 0.05) is 45.2 Å². The van der Waals surface area contributed by atoms with Gasteiger partial charge in [-0.15, -0.1) is 11.3 Å². The van der Waals surface area contributed by atoms with Crippen molar-refractivity contribution in [3.63, 3.8) is 0 Å². The molecular formula is C12H16N4O2S. The van der Waals surface area contributed by atoms with E-state index >= 15 is 0 Å². The molecule has 1 aromatic rings. The second kappa shape index (κ2) is 4.90. The van der Waals surface area contributed by atoms with Gasteiger partial charge in [-0.2, -0.15) is 0 Å². The van der Waals surface area contributed by atoms with E-state index in [1.54, 1.807) is 20.7 Å². The van der Waals surface area contributed by atoms with Gasteiger partial charge in [0.25, 0.3) is 5.91 Å². The number of piperazine rings is 2. The normalized spacial score (nSPS) is 24.5. The Morgan fingerprint density at radius 1 is 1.37 bits per heavy atom. The molecule has 3 rings (SSSR count). The van der Waals surface area contributed by atoms with Gasteiger partial charge < -0.3 is 9.80 Å². The fraction of sp³-hybridized carbons (Fsp3) is 0.583. The SMILES string of the molecule is CN1CCN2CCN(C(=O)c3cscn3)CC2C1=O. The van der Waals surface area contributed by atoms with E-state index in [4.69, 9.17) is 0 Å². The van der Waals surface area contributed by atoms with Gasteiger partial charge in [-0.05, 0) is 0 Å². The average Bonchev–Trinajstić information content (AvgIpc) is 2.96. The number of likely N-dealkylation sites (N-methyl/N-ethyl adjacent to an activating group) is 1. The summed E-state index contributed by atoms with van der Waals surface area (Å²) in [6.45, 7) is 3.57. The van der Waals surface area contributed by atoms with E-state index in [-0.39, 0.29) is 17.9 Å². The molecule has 102 valence electrons. The lowest BCUT2D eigenvalue weighted by atomic mass is 10.1. The zero-order valence-electron chi connectivity index (χ0n) is 10.8. The molecule has 3 heterocycles. The Kier molecular flexibility index (Phi) is 3.24. The standard InChI is InChI=1S/C12H16N4O2S/c1-14-2-3-15-4-5-16(6-10(15)12(14)18)11(17)9-7-19-8-13-9/h7-8,10H,2-6H2,1H3. The highest BCUT2D eigenvalue weighted by atomic mass is 32.1. The van der Waals surface area contributed by atoms with E-state index in [1.165, 1.54) is 11.3 Å². The molecule has 0 spiro atoms. The first-order chi connectivity index (χ1) is 9.16. The van der Waals surface area contributed by atoms with Crippen molar-refractivity contribution in [1.82, 2.24) is 19.7 Å². The van der Waals surface area contributed by atoms with Crippen LogP contribution in [-0.2, 0) is 4.79 Å². The Morgan fingerprint density at radius 2 is 2.16 bits per heavy atom. The lowest BCUT2D eigenvalue weighted by Crippen LogP contribution is -2.64. The van der Waals surface area contributed by atoms with Crippen LogP contribution in [0.3, 0.4) is 0 Å². The van der Waals surface area contributed by atoms with Crippen LogP contribution in [0.5, 0.6) is 0 Å². The molecule has 1 aromatic heterocycles. The van der Waals surface area contributed by atoms with Crippen molar-refractivity contribution in [2.75, 3.05) is 39.8 Å². The molecule has 0 aliphatic carbocycles. The lowest BCUT2D eigenvalue weighted by Gasteiger charge is -2.45. The highest BCUT2D eigenvalue weighted by Crippen LogP contribution is 2.17. The molecule has 7 heteroatoms. The second-order valence-corrected chi connectivity index (χ2v) is 5.66. The number of thiazole rings is 1. The number of hydrogen-bond donors (Lipinski definition) is 0. The molecule has 2 fully saturated rings. The first kappa shape index (κ1) is 12.6. The minimum Gasteiger partial charge on any atom is -0.343 e. The van der Waals surface area contributed by atoms with Crippen LogP contribution in [0, 0.1) is 0 Å². The molecule has 6 nitrogen and oxygen atoms in total. The topological polar surface area (TPSA) is 56.8 Å². The van der Waals surface area contributed by atoms with Crippen LogP contribution >= 0.6 is 11.3 Å². The van der Waals surface area contributed by atoms with E-state index in [1.807, 2.05) is 7.05 Å². The number of nitrogens with zero attached hydrogens (tertiary/aromatic N) is 4. The number of hydrogen-bond acceptors (Lipinski definition) is 5. The molecule has 2 aliphatic rings. The molecular weight excluding hydrogens is 264 g/mol. The van der Waals surface area contributed by atoms with Crippen molar-refractivity contribution in [3.05, 3.63) is 16.6 Å². The number of fused-ring (bicyclic) bond motifs is 1. The first-order valence-corrected chi connectivity index (χ1v) is 7.27. The average molecular weight is 280 g/mol. The third-order valence-electron chi connectivity index (χ3n) is 3.81. The highest BCUT2D eigenvalue weighted by Gasteiger charge is 2.38. The van der Waals surface area contributed by atoms with Crippen molar-refractivity contribution in [1.29, 1.82) is 0 Å². The highest BCUT2D eigenvalue weighted by molar-refractivity contribution is 7.07. The molecule has 2 saturated heterocycles. The predicted molar refractivity (Wildman–Crippen MR) is 71.0 cm³/mol.